The Morgan fingerprint density at radius 2 is 0.649 bits per heavy atom. The average Bonchev–Trinajstić information content (AvgIpc) is 3.43. The molecule has 0 aliphatic rings. The molecule has 77 heavy (non-hydrogen) atoms. The van der Waals surface area contributed by atoms with Gasteiger partial charge in [0.25, 0.3) is 0 Å². The third kappa shape index (κ3) is 63.1. The van der Waals surface area contributed by atoms with Crippen LogP contribution in [0.1, 0.15) is 380 Å². The summed E-state index contributed by atoms with van der Waals surface area (Å²) in [6, 6.07) is -0.547. The van der Waals surface area contributed by atoms with E-state index in [-0.39, 0.29) is 18.5 Å². The number of rotatable bonds is 65. The van der Waals surface area contributed by atoms with Crippen LogP contribution in [-0.4, -0.2) is 47.4 Å². The lowest BCUT2D eigenvalue weighted by Crippen LogP contribution is -2.45. The highest BCUT2D eigenvalue weighted by Crippen LogP contribution is 2.18. The van der Waals surface area contributed by atoms with Gasteiger partial charge in [0.1, 0.15) is 0 Å². The Morgan fingerprint density at radius 1 is 0.364 bits per heavy atom. The molecule has 0 heterocycles. The summed E-state index contributed by atoms with van der Waals surface area (Å²) in [7, 11) is 0. The molecule has 2 atom stereocenters. The van der Waals surface area contributed by atoms with Crippen molar-refractivity contribution in [3.8, 4) is 0 Å². The summed E-state index contributed by atoms with van der Waals surface area (Å²) in [5, 5.41) is 23.4. The predicted octanol–water partition coefficient (Wildman–Crippen LogP) is 22.3. The standard InChI is InChI=1S/C71H135NO5/c1-3-5-7-9-11-13-15-17-19-21-33-37-41-45-49-53-57-61-65-71(76)77-66-62-58-54-50-46-42-38-34-30-28-26-24-22-23-25-27-29-32-36-40-44-48-52-56-60-64-70(75)72-68(67-73)69(74)63-59-55-51-47-43-39-35-31-20-18-16-14-12-10-8-6-4-2/h19,21,23-26,68-69,73-74H,3-18,20,22,27-67H2,1-2H3,(H,72,75)/b21-19-,25-23-,26-24-. The number of carbonyl (C=O) groups excluding carboxylic acids is 2. The quantitative estimate of drug-likeness (QED) is 0.0320. The summed E-state index contributed by atoms with van der Waals surface area (Å²) in [5.41, 5.74) is 0. The Labute approximate surface area is 481 Å². The summed E-state index contributed by atoms with van der Waals surface area (Å²) in [5.74, 6) is -0.0318. The largest absolute Gasteiger partial charge is 0.466 e. The maximum atomic E-state index is 12.5. The van der Waals surface area contributed by atoms with Crippen LogP contribution in [0.15, 0.2) is 36.5 Å². The number of aliphatic hydroxyl groups is 2. The first-order valence-electron chi connectivity index (χ1n) is 34.7. The van der Waals surface area contributed by atoms with E-state index in [0.717, 1.165) is 51.4 Å². The molecule has 0 aromatic rings. The van der Waals surface area contributed by atoms with Crippen LogP contribution < -0.4 is 5.32 Å². The van der Waals surface area contributed by atoms with Gasteiger partial charge in [0.05, 0.1) is 25.4 Å². The number of hydrogen-bond donors (Lipinski definition) is 3. The fraction of sp³-hybridized carbons (Fsp3) is 0.887. The Balaban J connectivity index is 3.42. The number of ether oxygens (including phenoxy) is 1. The topological polar surface area (TPSA) is 95.9 Å². The summed E-state index contributed by atoms with van der Waals surface area (Å²) in [6.07, 6.45) is 84.6. The van der Waals surface area contributed by atoms with E-state index < -0.39 is 12.1 Å². The van der Waals surface area contributed by atoms with Crippen molar-refractivity contribution in [1.82, 2.24) is 5.32 Å². The lowest BCUT2D eigenvalue weighted by atomic mass is 10.0. The van der Waals surface area contributed by atoms with Gasteiger partial charge in [-0.25, -0.2) is 0 Å². The van der Waals surface area contributed by atoms with Crippen molar-refractivity contribution in [3.63, 3.8) is 0 Å². The Kier molecular flexibility index (Phi) is 64.9. The highest BCUT2D eigenvalue weighted by Gasteiger charge is 2.20. The third-order valence-corrected chi connectivity index (χ3v) is 16.2. The summed E-state index contributed by atoms with van der Waals surface area (Å²) < 4.78 is 5.50. The van der Waals surface area contributed by atoms with E-state index in [9.17, 15) is 19.8 Å². The van der Waals surface area contributed by atoms with Gasteiger partial charge in [-0.2, -0.15) is 0 Å². The number of aliphatic hydroxyl groups excluding tert-OH is 2. The predicted molar refractivity (Wildman–Crippen MR) is 338 cm³/mol. The minimum atomic E-state index is -0.669. The van der Waals surface area contributed by atoms with E-state index in [1.165, 1.54) is 295 Å². The Hall–Kier alpha value is -1.92. The lowest BCUT2D eigenvalue weighted by molar-refractivity contribution is -0.143. The van der Waals surface area contributed by atoms with Crippen LogP contribution in [0.3, 0.4) is 0 Å². The molecule has 0 saturated carbocycles. The number of carbonyl (C=O) groups is 2. The molecule has 6 nitrogen and oxygen atoms in total. The SMILES string of the molecule is CCCCCCCCC/C=C\CCCCCCCCCC(=O)OCCCCCCCCCCC/C=C\C/C=C\CCCCCCCCCCCC(=O)NC(CO)C(O)CCCCCCCCCCCCCCCCCCC. The fourth-order valence-corrected chi connectivity index (χ4v) is 10.8. The van der Waals surface area contributed by atoms with Gasteiger partial charge in [-0.3, -0.25) is 9.59 Å². The van der Waals surface area contributed by atoms with Gasteiger partial charge in [-0.15, -0.1) is 0 Å². The molecule has 0 saturated heterocycles. The molecule has 0 aromatic heterocycles. The van der Waals surface area contributed by atoms with Gasteiger partial charge >= 0.3 is 5.97 Å². The zero-order valence-electron chi connectivity index (χ0n) is 52.0. The third-order valence-electron chi connectivity index (χ3n) is 16.2. The van der Waals surface area contributed by atoms with Crippen LogP contribution in [0, 0.1) is 0 Å². The lowest BCUT2D eigenvalue weighted by Gasteiger charge is -2.22. The van der Waals surface area contributed by atoms with Crippen molar-refractivity contribution in [2.24, 2.45) is 0 Å². The van der Waals surface area contributed by atoms with E-state index >= 15 is 0 Å². The van der Waals surface area contributed by atoms with Crippen molar-refractivity contribution < 1.29 is 24.5 Å². The minimum absolute atomic E-state index is 0.00661. The van der Waals surface area contributed by atoms with Gasteiger partial charge in [0.2, 0.25) is 5.91 Å². The fourth-order valence-electron chi connectivity index (χ4n) is 10.8. The molecule has 0 spiro atoms. The first-order chi connectivity index (χ1) is 38.0. The Morgan fingerprint density at radius 3 is 1.00 bits per heavy atom. The van der Waals surface area contributed by atoms with Crippen LogP contribution >= 0.6 is 0 Å². The van der Waals surface area contributed by atoms with E-state index in [2.05, 4.69) is 55.6 Å². The summed E-state index contributed by atoms with van der Waals surface area (Å²) in [4.78, 5) is 24.6. The van der Waals surface area contributed by atoms with Crippen molar-refractivity contribution in [3.05, 3.63) is 36.5 Å². The zero-order chi connectivity index (χ0) is 55.7. The number of unbranched alkanes of at least 4 members (excludes halogenated alkanes) is 48. The van der Waals surface area contributed by atoms with Crippen molar-refractivity contribution in [1.29, 1.82) is 0 Å². The van der Waals surface area contributed by atoms with Crippen LogP contribution in [0.4, 0.5) is 0 Å². The van der Waals surface area contributed by atoms with Gasteiger partial charge in [0, 0.05) is 12.8 Å². The molecule has 0 aliphatic carbocycles. The molecule has 0 rings (SSSR count). The number of esters is 1. The highest BCUT2D eigenvalue weighted by molar-refractivity contribution is 5.76. The second-order valence-corrected chi connectivity index (χ2v) is 23.9. The van der Waals surface area contributed by atoms with Crippen molar-refractivity contribution in [2.75, 3.05) is 13.2 Å². The molecule has 2 unspecified atom stereocenters. The number of amides is 1. The monoisotopic (exact) mass is 1080 g/mol. The van der Waals surface area contributed by atoms with Crippen LogP contribution in [0.25, 0.3) is 0 Å². The molecule has 3 N–H and O–H groups in total. The maximum absolute atomic E-state index is 12.5. The second-order valence-electron chi connectivity index (χ2n) is 23.9. The van der Waals surface area contributed by atoms with Crippen LogP contribution in [-0.2, 0) is 14.3 Å². The zero-order valence-corrected chi connectivity index (χ0v) is 52.0. The molecule has 1 amide bonds. The first-order valence-corrected chi connectivity index (χ1v) is 34.7. The molecular formula is C71H135NO5. The molecule has 0 aromatic carbocycles. The van der Waals surface area contributed by atoms with Gasteiger partial charge in [-0.05, 0) is 83.5 Å². The number of nitrogens with one attached hydrogen (secondary N) is 1. The molecule has 0 fully saturated rings. The van der Waals surface area contributed by atoms with Gasteiger partial charge in [0.15, 0.2) is 0 Å². The molecule has 0 bridgehead atoms. The van der Waals surface area contributed by atoms with Crippen LogP contribution in [0.5, 0.6) is 0 Å². The number of allylic oxidation sites excluding steroid dienone is 6. The number of hydrogen-bond acceptors (Lipinski definition) is 5. The second kappa shape index (κ2) is 66.6. The van der Waals surface area contributed by atoms with Crippen molar-refractivity contribution >= 4 is 11.9 Å². The molecule has 0 aliphatic heterocycles. The van der Waals surface area contributed by atoms with E-state index in [1.807, 2.05) is 0 Å². The average molecular weight is 1080 g/mol. The maximum Gasteiger partial charge on any atom is 0.305 e. The smallest absolute Gasteiger partial charge is 0.305 e. The van der Waals surface area contributed by atoms with Gasteiger partial charge in [-0.1, -0.05) is 320 Å². The molecule has 454 valence electrons. The van der Waals surface area contributed by atoms with E-state index in [1.54, 1.807) is 0 Å². The van der Waals surface area contributed by atoms with Gasteiger partial charge < -0.3 is 20.3 Å². The highest BCUT2D eigenvalue weighted by atomic mass is 16.5. The van der Waals surface area contributed by atoms with E-state index in [4.69, 9.17) is 4.74 Å². The summed E-state index contributed by atoms with van der Waals surface area (Å²) >= 11 is 0. The van der Waals surface area contributed by atoms with Crippen molar-refractivity contribution in [2.45, 2.75) is 392 Å². The minimum Gasteiger partial charge on any atom is -0.466 e. The molecule has 6 heteroatoms. The Bertz CT molecular complexity index is 1250. The first kappa shape index (κ1) is 75.1. The molecule has 0 radical (unpaired) electrons. The summed E-state index contributed by atoms with van der Waals surface area (Å²) in [6.45, 7) is 4.97. The van der Waals surface area contributed by atoms with Crippen LogP contribution in [0.2, 0.25) is 0 Å². The van der Waals surface area contributed by atoms with E-state index in [0.29, 0.717) is 25.9 Å². The normalized spacial score (nSPS) is 12.7. The molecular weight excluding hydrogens is 947 g/mol.